The molecule has 1 heterocycles. The zero-order chi connectivity index (χ0) is 23.7. The van der Waals surface area contributed by atoms with Crippen molar-refractivity contribution in [2.75, 3.05) is 5.32 Å². The molecule has 1 amide bonds. The number of hydrogen-bond donors (Lipinski definition) is 1. The number of nitrogens with zero attached hydrogens (tertiary/aromatic N) is 4. The van der Waals surface area contributed by atoms with Crippen molar-refractivity contribution in [3.05, 3.63) is 78.6 Å². The molecule has 11 heteroatoms. The summed E-state index contributed by atoms with van der Waals surface area (Å²) in [5.41, 5.74) is 1.93. The molecule has 1 aromatic heterocycles. The number of carbonyl (C=O) groups excluding carboxylic acids is 1. The number of nitro benzene ring substituents is 1. The van der Waals surface area contributed by atoms with Crippen molar-refractivity contribution in [3.63, 3.8) is 0 Å². The van der Waals surface area contributed by atoms with Gasteiger partial charge in [0.2, 0.25) is 5.69 Å². The Morgan fingerprint density at radius 1 is 1.03 bits per heavy atom. The molecular weight excluding hydrogens is 418 g/mol. The second kappa shape index (κ2) is 8.46. The number of hydrogen-bond acceptors (Lipinski definition) is 7. The van der Waals surface area contributed by atoms with Gasteiger partial charge in [0.25, 0.3) is 11.6 Å². The lowest BCUT2D eigenvalue weighted by atomic mass is 10.1. The molecule has 0 aliphatic rings. The minimum absolute atomic E-state index is 0.0406. The van der Waals surface area contributed by atoms with E-state index in [1.165, 1.54) is 30.8 Å². The van der Waals surface area contributed by atoms with E-state index in [2.05, 4.69) is 10.4 Å². The van der Waals surface area contributed by atoms with Gasteiger partial charge in [-0.25, -0.2) is 0 Å². The molecule has 0 bridgehead atoms. The van der Waals surface area contributed by atoms with Crippen molar-refractivity contribution in [1.82, 2.24) is 9.78 Å². The Hall–Kier alpha value is -4.28. The summed E-state index contributed by atoms with van der Waals surface area (Å²) in [6.07, 6.45) is 0. The zero-order valence-electron chi connectivity index (χ0n) is 18.1. The Kier molecular flexibility index (Phi) is 5.92. The number of non-ortho nitro benzene ring substituents is 1. The summed E-state index contributed by atoms with van der Waals surface area (Å²) in [6.45, 7) is 7.16. The lowest BCUT2D eigenvalue weighted by Gasteiger charge is -2.13. The summed E-state index contributed by atoms with van der Waals surface area (Å²) in [5, 5.41) is 29.1. The molecule has 0 spiro atoms. The van der Waals surface area contributed by atoms with Crippen molar-refractivity contribution >= 4 is 23.0 Å². The van der Waals surface area contributed by atoms with E-state index in [0.717, 1.165) is 22.8 Å². The Morgan fingerprint density at radius 3 is 2.34 bits per heavy atom. The molecule has 32 heavy (non-hydrogen) atoms. The average molecular weight is 439 g/mol. The zero-order valence-corrected chi connectivity index (χ0v) is 18.1. The van der Waals surface area contributed by atoms with Crippen LogP contribution >= 0.6 is 0 Å². The van der Waals surface area contributed by atoms with Gasteiger partial charge in [-0.15, -0.1) is 0 Å². The molecule has 11 nitrogen and oxygen atoms in total. The second-order valence-electron chi connectivity index (χ2n) is 7.40. The normalized spacial score (nSPS) is 10.7. The smallest absolute Gasteiger partial charge is 0.322 e. The molecule has 0 saturated carbocycles. The monoisotopic (exact) mass is 439 g/mol. The Bertz CT molecular complexity index is 1260. The summed E-state index contributed by atoms with van der Waals surface area (Å²) in [4.78, 5) is 34.2. The number of nitrogens with one attached hydrogen (secondary N) is 1. The minimum Gasteiger partial charge on any atom is -0.457 e. The maximum atomic E-state index is 12.7. The Labute approximate surface area is 182 Å². The highest BCUT2D eigenvalue weighted by molar-refractivity contribution is 6.06. The number of rotatable bonds is 6. The summed E-state index contributed by atoms with van der Waals surface area (Å²) in [5.74, 6) is -0.208. The van der Waals surface area contributed by atoms with E-state index in [-0.39, 0.29) is 22.8 Å². The van der Waals surface area contributed by atoms with Crippen LogP contribution < -0.4 is 10.1 Å². The maximum Gasteiger partial charge on any atom is 0.322 e. The number of aryl methyl sites for hydroxylation is 3. The predicted octanol–water partition coefficient (Wildman–Crippen LogP) is 4.51. The van der Waals surface area contributed by atoms with Crippen molar-refractivity contribution in [2.45, 2.75) is 27.7 Å². The van der Waals surface area contributed by atoms with Gasteiger partial charge < -0.3 is 10.1 Å². The van der Waals surface area contributed by atoms with Crippen LogP contribution in [0.3, 0.4) is 0 Å². The van der Waals surface area contributed by atoms with Gasteiger partial charge in [-0.3, -0.25) is 29.7 Å². The van der Waals surface area contributed by atoms with E-state index >= 15 is 0 Å². The van der Waals surface area contributed by atoms with Crippen molar-refractivity contribution in [3.8, 4) is 11.5 Å². The first-order valence-corrected chi connectivity index (χ1v) is 9.52. The highest BCUT2D eigenvalue weighted by Crippen LogP contribution is 2.33. The van der Waals surface area contributed by atoms with Crippen LogP contribution in [-0.4, -0.2) is 25.5 Å². The SMILES string of the molecule is Cc1cc(C)c(C)c(Oc2cc(NC(=O)c3nn(C)c(C)c3[N+](=O)[O-])cc([N+](=O)[O-])c2)c1. The van der Waals surface area contributed by atoms with Crippen LogP contribution in [0.25, 0.3) is 0 Å². The van der Waals surface area contributed by atoms with Gasteiger partial charge in [0.05, 0.1) is 21.6 Å². The number of carbonyl (C=O) groups is 1. The summed E-state index contributed by atoms with van der Waals surface area (Å²) < 4.78 is 7.11. The molecule has 1 N–H and O–H groups in total. The summed E-state index contributed by atoms with van der Waals surface area (Å²) in [7, 11) is 1.48. The third kappa shape index (κ3) is 4.41. The fourth-order valence-electron chi connectivity index (χ4n) is 3.21. The van der Waals surface area contributed by atoms with Crippen LogP contribution in [0.1, 0.15) is 32.9 Å². The first-order chi connectivity index (χ1) is 15.0. The Balaban J connectivity index is 1.99. The van der Waals surface area contributed by atoms with Crippen LogP contribution in [0.2, 0.25) is 0 Å². The lowest BCUT2D eigenvalue weighted by Crippen LogP contribution is -2.14. The standard InChI is InChI=1S/C21H21N5O6/c1-11-6-12(2)13(3)18(7-11)32-17-9-15(8-16(10-17)25(28)29)22-21(27)19-20(26(30)31)14(4)24(5)23-19/h6-10H,1-5H3,(H,22,27). The topological polar surface area (TPSA) is 142 Å². The maximum absolute atomic E-state index is 12.7. The first kappa shape index (κ1) is 22.4. The van der Waals surface area contributed by atoms with Gasteiger partial charge >= 0.3 is 5.69 Å². The fraction of sp³-hybridized carbons (Fsp3) is 0.238. The fourth-order valence-corrected chi connectivity index (χ4v) is 3.21. The Morgan fingerprint density at radius 2 is 1.72 bits per heavy atom. The third-order valence-corrected chi connectivity index (χ3v) is 5.05. The molecule has 0 aliphatic carbocycles. The first-order valence-electron chi connectivity index (χ1n) is 9.52. The molecule has 0 aliphatic heterocycles. The van der Waals surface area contributed by atoms with E-state index in [9.17, 15) is 25.0 Å². The number of aromatic nitrogens is 2. The van der Waals surface area contributed by atoms with E-state index in [4.69, 9.17) is 4.74 Å². The van der Waals surface area contributed by atoms with E-state index in [0.29, 0.717) is 5.75 Å². The summed E-state index contributed by atoms with van der Waals surface area (Å²) in [6, 6.07) is 7.58. The van der Waals surface area contributed by atoms with E-state index in [1.807, 2.05) is 26.8 Å². The molecule has 0 atom stereocenters. The second-order valence-corrected chi connectivity index (χ2v) is 7.40. The molecule has 3 aromatic rings. The molecule has 0 radical (unpaired) electrons. The average Bonchev–Trinajstić information content (AvgIpc) is 3.00. The highest BCUT2D eigenvalue weighted by atomic mass is 16.6. The number of ether oxygens (including phenoxy) is 1. The minimum atomic E-state index is -0.866. The van der Waals surface area contributed by atoms with E-state index < -0.39 is 27.1 Å². The molecule has 166 valence electrons. The predicted molar refractivity (Wildman–Crippen MR) is 116 cm³/mol. The van der Waals surface area contributed by atoms with Gasteiger partial charge in [-0.1, -0.05) is 6.07 Å². The lowest BCUT2D eigenvalue weighted by molar-refractivity contribution is -0.385. The number of nitro groups is 2. The number of benzene rings is 2. The van der Waals surface area contributed by atoms with Crippen LogP contribution in [0.4, 0.5) is 17.1 Å². The van der Waals surface area contributed by atoms with Gasteiger partial charge in [0, 0.05) is 19.2 Å². The van der Waals surface area contributed by atoms with Gasteiger partial charge in [-0.2, -0.15) is 5.10 Å². The molecular formula is C21H21N5O6. The molecule has 2 aromatic carbocycles. The molecule has 0 unspecified atom stereocenters. The van der Waals surface area contributed by atoms with Crippen LogP contribution in [0.15, 0.2) is 30.3 Å². The highest BCUT2D eigenvalue weighted by Gasteiger charge is 2.29. The van der Waals surface area contributed by atoms with Gasteiger partial charge in [0.1, 0.15) is 17.2 Å². The van der Waals surface area contributed by atoms with Crippen LogP contribution in [0, 0.1) is 47.9 Å². The molecule has 3 rings (SSSR count). The van der Waals surface area contributed by atoms with Crippen molar-refractivity contribution < 1.29 is 19.4 Å². The van der Waals surface area contributed by atoms with Crippen LogP contribution in [0.5, 0.6) is 11.5 Å². The van der Waals surface area contributed by atoms with E-state index in [1.54, 1.807) is 6.07 Å². The number of amides is 1. The molecule has 0 fully saturated rings. The van der Waals surface area contributed by atoms with Crippen molar-refractivity contribution in [2.24, 2.45) is 7.05 Å². The molecule has 0 saturated heterocycles. The summed E-state index contributed by atoms with van der Waals surface area (Å²) >= 11 is 0. The van der Waals surface area contributed by atoms with Crippen LogP contribution in [-0.2, 0) is 7.05 Å². The third-order valence-electron chi connectivity index (χ3n) is 5.05. The van der Waals surface area contributed by atoms with Gasteiger partial charge in [0.15, 0.2) is 0 Å². The number of anilines is 1. The van der Waals surface area contributed by atoms with Crippen molar-refractivity contribution in [1.29, 1.82) is 0 Å². The largest absolute Gasteiger partial charge is 0.457 e. The quantitative estimate of drug-likeness (QED) is 0.439. The van der Waals surface area contributed by atoms with Gasteiger partial charge in [-0.05, 0) is 50.5 Å².